The average Bonchev–Trinajstić information content (AvgIpc) is 2.90. The van der Waals surface area contributed by atoms with E-state index in [0.29, 0.717) is 0 Å². The summed E-state index contributed by atoms with van der Waals surface area (Å²) in [6.07, 6.45) is 6.11. The summed E-state index contributed by atoms with van der Waals surface area (Å²) in [6, 6.07) is 7.48. The molecule has 0 aliphatic rings. The Kier molecular flexibility index (Phi) is 3.58. The van der Waals surface area contributed by atoms with Crippen LogP contribution < -0.4 is 4.74 Å². The maximum absolute atomic E-state index is 10.6. The Balaban J connectivity index is 1.96. The predicted octanol–water partition coefficient (Wildman–Crippen LogP) is 2.60. The number of fused-ring (bicyclic) bond motifs is 1. The van der Waals surface area contributed by atoms with E-state index in [4.69, 9.17) is 4.74 Å². The lowest BCUT2D eigenvalue weighted by Crippen LogP contribution is -2.06. The molecule has 0 aliphatic heterocycles. The molecule has 1 unspecified atom stereocenters. The van der Waals surface area contributed by atoms with Gasteiger partial charge in [0.25, 0.3) is 0 Å². The summed E-state index contributed by atoms with van der Waals surface area (Å²) in [7, 11) is 0. The summed E-state index contributed by atoms with van der Waals surface area (Å²) in [4.78, 5) is 4.08. The largest absolute Gasteiger partial charge is 0.491 e. The van der Waals surface area contributed by atoms with E-state index in [9.17, 15) is 5.11 Å². The lowest BCUT2D eigenvalue weighted by Gasteiger charge is -2.14. The van der Waals surface area contributed by atoms with E-state index in [-0.39, 0.29) is 6.10 Å². The molecule has 5 heteroatoms. The van der Waals surface area contributed by atoms with Gasteiger partial charge < -0.3 is 9.84 Å². The van der Waals surface area contributed by atoms with E-state index in [2.05, 4.69) is 10.1 Å². The highest BCUT2D eigenvalue weighted by Gasteiger charge is 2.16. The van der Waals surface area contributed by atoms with Crippen molar-refractivity contribution in [3.63, 3.8) is 0 Å². The first kappa shape index (κ1) is 13.6. The van der Waals surface area contributed by atoms with Gasteiger partial charge in [0.05, 0.1) is 24.0 Å². The minimum Gasteiger partial charge on any atom is -0.491 e. The van der Waals surface area contributed by atoms with Crippen molar-refractivity contribution >= 4 is 5.52 Å². The molecule has 3 aromatic rings. The Bertz CT molecular complexity index is 752. The molecule has 0 saturated heterocycles. The fraction of sp³-hybridized carbons (Fsp3) is 0.250. The van der Waals surface area contributed by atoms with Gasteiger partial charge in [-0.25, -0.2) is 4.52 Å². The minimum absolute atomic E-state index is 0.0959. The minimum atomic E-state index is -0.762. The van der Waals surface area contributed by atoms with Crippen molar-refractivity contribution in [3.8, 4) is 5.75 Å². The number of benzene rings is 1. The maximum Gasteiger partial charge on any atom is 0.120 e. The summed E-state index contributed by atoms with van der Waals surface area (Å²) < 4.78 is 7.36. The van der Waals surface area contributed by atoms with E-state index in [1.165, 1.54) is 0 Å². The first-order valence-corrected chi connectivity index (χ1v) is 6.87. The quantitative estimate of drug-likeness (QED) is 0.799. The van der Waals surface area contributed by atoms with Crippen molar-refractivity contribution in [2.75, 3.05) is 0 Å². The van der Waals surface area contributed by atoms with Crippen LogP contribution >= 0.6 is 0 Å². The molecular weight excluding hydrogens is 266 g/mol. The van der Waals surface area contributed by atoms with Gasteiger partial charge in [-0.3, -0.25) is 4.98 Å². The predicted molar refractivity (Wildman–Crippen MR) is 79.3 cm³/mol. The molecule has 2 aromatic heterocycles. The average molecular weight is 283 g/mol. The molecule has 0 saturated carbocycles. The molecule has 0 spiro atoms. The number of aliphatic hydroxyl groups excluding tert-OH is 1. The van der Waals surface area contributed by atoms with E-state index >= 15 is 0 Å². The maximum atomic E-state index is 10.6. The Morgan fingerprint density at radius 2 is 2.10 bits per heavy atom. The van der Waals surface area contributed by atoms with Crippen LogP contribution in [0, 0.1) is 0 Å². The summed E-state index contributed by atoms with van der Waals surface area (Å²) in [6.45, 7) is 3.94. The van der Waals surface area contributed by atoms with E-state index in [1.807, 2.05) is 38.1 Å². The molecule has 0 bridgehead atoms. The molecule has 3 rings (SSSR count). The molecule has 1 N–H and O–H groups in total. The van der Waals surface area contributed by atoms with Crippen molar-refractivity contribution in [2.45, 2.75) is 26.1 Å². The van der Waals surface area contributed by atoms with Gasteiger partial charge in [-0.1, -0.05) is 12.1 Å². The van der Waals surface area contributed by atoms with Crippen molar-refractivity contribution in [3.05, 3.63) is 60.2 Å². The molecule has 0 amide bonds. The Hall–Kier alpha value is -2.40. The van der Waals surface area contributed by atoms with Crippen LogP contribution in [0.2, 0.25) is 0 Å². The highest BCUT2D eigenvalue weighted by Crippen LogP contribution is 2.27. The second-order valence-corrected chi connectivity index (χ2v) is 5.15. The highest BCUT2D eigenvalue weighted by atomic mass is 16.5. The zero-order valence-corrected chi connectivity index (χ0v) is 12.0. The zero-order valence-electron chi connectivity index (χ0n) is 12.0. The van der Waals surface area contributed by atoms with Crippen LogP contribution in [-0.2, 0) is 0 Å². The van der Waals surface area contributed by atoms with Crippen molar-refractivity contribution < 1.29 is 9.84 Å². The molecule has 5 nitrogen and oxygen atoms in total. The topological polar surface area (TPSA) is 59.7 Å². The fourth-order valence-corrected chi connectivity index (χ4v) is 2.27. The second-order valence-electron chi connectivity index (χ2n) is 5.15. The third-order valence-electron chi connectivity index (χ3n) is 3.19. The van der Waals surface area contributed by atoms with Gasteiger partial charge in [-0.2, -0.15) is 5.10 Å². The number of aromatic nitrogens is 3. The SMILES string of the molecule is CC(C)Oc1cccc(C(O)c2cnn3ccncc23)c1. The lowest BCUT2D eigenvalue weighted by atomic mass is 10.0. The van der Waals surface area contributed by atoms with E-state index < -0.39 is 6.10 Å². The summed E-state index contributed by atoms with van der Waals surface area (Å²) >= 11 is 0. The van der Waals surface area contributed by atoms with Gasteiger partial charge >= 0.3 is 0 Å². The molecule has 0 aliphatic carbocycles. The molecule has 2 heterocycles. The van der Waals surface area contributed by atoms with Crippen molar-refractivity contribution in [2.24, 2.45) is 0 Å². The number of aliphatic hydroxyl groups is 1. The van der Waals surface area contributed by atoms with Crippen molar-refractivity contribution in [1.82, 2.24) is 14.6 Å². The first-order valence-electron chi connectivity index (χ1n) is 6.87. The van der Waals surface area contributed by atoms with Crippen LogP contribution in [0.3, 0.4) is 0 Å². The highest BCUT2D eigenvalue weighted by molar-refractivity contribution is 5.55. The lowest BCUT2D eigenvalue weighted by molar-refractivity contribution is 0.217. The van der Waals surface area contributed by atoms with Gasteiger partial charge in [0, 0.05) is 18.0 Å². The molecule has 1 aromatic carbocycles. The molecule has 108 valence electrons. The Morgan fingerprint density at radius 1 is 1.24 bits per heavy atom. The van der Waals surface area contributed by atoms with E-state index in [0.717, 1.165) is 22.4 Å². The third-order valence-corrected chi connectivity index (χ3v) is 3.19. The first-order chi connectivity index (χ1) is 10.1. The number of nitrogens with zero attached hydrogens (tertiary/aromatic N) is 3. The number of hydrogen-bond donors (Lipinski definition) is 1. The van der Waals surface area contributed by atoms with Crippen LogP contribution in [0.1, 0.15) is 31.1 Å². The number of rotatable bonds is 4. The van der Waals surface area contributed by atoms with Crippen LogP contribution in [0.4, 0.5) is 0 Å². The van der Waals surface area contributed by atoms with Crippen LogP contribution in [0.15, 0.2) is 49.1 Å². The normalized spacial score (nSPS) is 12.8. The Labute approximate surface area is 122 Å². The number of hydrogen-bond acceptors (Lipinski definition) is 4. The monoisotopic (exact) mass is 283 g/mol. The summed E-state index contributed by atoms with van der Waals surface area (Å²) in [5.41, 5.74) is 2.29. The summed E-state index contributed by atoms with van der Waals surface area (Å²) in [5.74, 6) is 0.746. The van der Waals surface area contributed by atoms with Gasteiger partial charge in [0.2, 0.25) is 0 Å². The zero-order chi connectivity index (χ0) is 14.8. The van der Waals surface area contributed by atoms with Gasteiger partial charge in [0.15, 0.2) is 0 Å². The number of ether oxygens (including phenoxy) is 1. The third kappa shape index (κ3) is 2.73. The smallest absolute Gasteiger partial charge is 0.120 e. The van der Waals surface area contributed by atoms with Crippen molar-refractivity contribution in [1.29, 1.82) is 0 Å². The molecule has 0 fully saturated rings. The van der Waals surface area contributed by atoms with Crippen LogP contribution in [0.5, 0.6) is 5.75 Å². The van der Waals surface area contributed by atoms with Gasteiger partial charge in [0.1, 0.15) is 11.9 Å². The molecule has 0 radical (unpaired) electrons. The van der Waals surface area contributed by atoms with Gasteiger partial charge in [-0.05, 0) is 31.5 Å². The van der Waals surface area contributed by atoms with Crippen LogP contribution in [-0.4, -0.2) is 25.8 Å². The molecule has 1 atom stereocenters. The van der Waals surface area contributed by atoms with Gasteiger partial charge in [-0.15, -0.1) is 0 Å². The standard InChI is InChI=1S/C16H17N3O2/c1-11(2)21-13-5-3-4-12(8-13)16(20)14-9-18-19-7-6-17-10-15(14)19/h3-11,16,20H,1-2H3. The second kappa shape index (κ2) is 5.54. The summed E-state index contributed by atoms with van der Waals surface area (Å²) in [5, 5.41) is 14.8. The van der Waals surface area contributed by atoms with E-state index in [1.54, 1.807) is 29.3 Å². The molecule has 21 heavy (non-hydrogen) atoms. The fourth-order valence-electron chi connectivity index (χ4n) is 2.27. The molecular formula is C16H17N3O2. The van der Waals surface area contributed by atoms with Crippen LogP contribution in [0.25, 0.3) is 5.52 Å². The Morgan fingerprint density at radius 3 is 2.90 bits per heavy atom.